The Hall–Kier alpha value is -1.82. The maximum absolute atomic E-state index is 13.5. The van der Waals surface area contributed by atoms with Crippen molar-refractivity contribution in [3.8, 4) is 17.1 Å². The van der Waals surface area contributed by atoms with Crippen LogP contribution in [-0.2, 0) is 10.4 Å². The Morgan fingerprint density at radius 1 is 1.04 bits per heavy atom. The summed E-state index contributed by atoms with van der Waals surface area (Å²) in [4.78, 5) is 4.02. The first kappa shape index (κ1) is 17.0. The Kier molecular flexibility index (Phi) is 4.94. The van der Waals surface area contributed by atoms with Gasteiger partial charge in [0.1, 0.15) is 18.2 Å². The molecule has 0 aliphatic heterocycles. The highest BCUT2D eigenvalue weighted by Gasteiger charge is 2.30. The Labute approximate surface area is 152 Å². The maximum Gasteiger partial charge on any atom is 0.279 e. The van der Waals surface area contributed by atoms with E-state index in [4.69, 9.17) is 44.1 Å². The fourth-order valence-corrected chi connectivity index (χ4v) is 2.16. The number of halogens is 4. The molecule has 1 heterocycles. The molecule has 0 unspecified atom stereocenters. The van der Waals surface area contributed by atoms with Gasteiger partial charge in [-0.25, -0.2) is 4.39 Å². The molecule has 4 nitrogen and oxygen atoms in total. The summed E-state index contributed by atoms with van der Waals surface area (Å²) in [5, 5.41) is 3.76. The van der Waals surface area contributed by atoms with Crippen molar-refractivity contribution < 1.29 is 13.7 Å². The van der Waals surface area contributed by atoms with Crippen molar-refractivity contribution in [2.24, 2.45) is 0 Å². The Morgan fingerprint density at radius 3 is 2.38 bits per heavy atom. The molecule has 0 bridgehead atoms. The van der Waals surface area contributed by atoms with Gasteiger partial charge in [0.25, 0.3) is 9.68 Å². The van der Waals surface area contributed by atoms with E-state index in [1.807, 2.05) is 0 Å². The molecule has 0 amide bonds. The molecule has 0 saturated heterocycles. The Morgan fingerprint density at radius 2 is 1.75 bits per heavy atom. The number of nitrogens with zero attached hydrogens (tertiary/aromatic N) is 2. The molecule has 0 saturated carbocycles. The predicted octanol–water partition coefficient (Wildman–Crippen LogP) is 5.28. The van der Waals surface area contributed by atoms with Crippen LogP contribution < -0.4 is 4.74 Å². The Bertz CT molecular complexity index is 832. The summed E-state index contributed by atoms with van der Waals surface area (Å²) in [5.74, 6) is 0.451. The summed E-state index contributed by atoms with van der Waals surface area (Å²) in [5.41, 5.74) is 1.14. The molecule has 1 aromatic heterocycles. The summed E-state index contributed by atoms with van der Waals surface area (Å²) in [6.45, 7) is 0.131. The van der Waals surface area contributed by atoms with E-state index >= 15 is 0 Å². The summed E-state index contributed by atoms with van der Waals surface area (Å²) < 4.78 is 22.2. The molecule has 0 radical (unpaired) electrons. The van der Waals surface area contributed by atoms with Crippen LogP contribution in [0.3, 0.4) is 0 Å². The molecule has 0 spiro atoms. The highest BCUT2D eigenvalue weighted by molar-refractivity contribution is 6.66. The lowest BCUT2D eigenvalue weighted by atomic mass is 10.2. The molecule has 124 valence electrons. The fraction of sp³-hybridized carbons (Fsp3) is 0.125. The Balaban J connectivity index is 1.69. The topological polar surface area (TPSA) is 48.2 Å². The van der Waals surface area contributed by atoms with Gasteiger partial charge in [-0.15, -0.1) is 0 Å². The van der Waals surface area contributed by atoms with Crippen LogP contribution >= 0.6 is 34.8 Å². The second kappa shape index (κ2) is 6.97. The van der Waals surface area contributed by atoms with E-state index in [-0.39, 0.29) is 24.1 Å². The van der Waals surface area contributed by atoms with Gasteiger partial charge in [0.15, 0.2) is 0 Å². The van der Waals surface area contributed by atoms with Crippen LogP contribution in [-0.4, -0.2) is 10.1 Å². The minimum Gasteiger partial charge on any atom is -0.489 e. The SMILES string of the molecule is Fc1ccccc1COc1ccc(-c2noc(C(Cl)(Cl)Cl)n2)cc1. The fourth-order valence-electron chi connectivity index (χ4n) is 1.93. The zero-order valence-electron chi connectivity index (χ0n) is 12.0. The number of rotatable bonds is 4. The summed E-state index contributed by atoms with van der Waals surface area (Å²) in [6, 6.07) is 13.3. The average Bonchev–Trinajstić information content (AvgIpc) is 3.05. The standard InChI is InChI=1S/C16H10Cl3FN2O2/c17-16(18,19)15-21-14(22-24-15)10-5-7-12(8-6-10)23-9-11-3-1-2-4-13(11)20/h1-8H,9H2. The largest absolute Gasteiger partial charge is 0.489 e. The zero-order chi connectivity index (χ0) is 17.2. The minimum atomic E-state index is -1.77. The number of benzene rings is 2. The van der Waals surface area contributed by atoms with Gasteiger partial charge < -0.3 is 9.26 Å². The van der Waals surface area contributed by atoms with Gasteiger partial charge in [-0.3, -0.25) is 0 Å². The maximum atomic E-state index is 13.5. The van der Waals surface area contributed by atoms with E-state index in [0.29, 0.717) is 16.9 Å². The summed E-state index contributed by atoms with van der Waals surface area (Å²) >= 11 is 17.0. The highest BCUT2D eigenvalue weighted by atomic mass is 35.6. The number of alkyl halides is 3. The first-order valence-corrected chi connectivity index (χ1v) is 7.94. The first-order chi connectivity index (χ1) is 11.4. The van der Waals surface area contributed by atoms with Crippen molar-refractivity contribution in [1.29, 1.82) is 0 Å². The molecular weight excluding hydrogens is 378 g/mol. The molecule has 8 heteroatoms. The molecule has 0 aliphatic carbocycles. The van der Waals surface area contributed by atoms with Gasteiger partial charge in [-0.2, -0.15) is 4.98 Å². The van der Waals surface area contributed by atoms with E-state index < -0.39 is 3.79 Å². The van der Waals surface area contributed by atoms with E-state index in [2.05, 4.69) is 10.1 Å². The lowest BCUT2D eigenvalue weighted by molar-refractivity contribution is 0.300. The molecule has 0 atom stereocenters. The highest BCUT2D eigenvalue weighted by Crippen LogP contribution is 2.37. The predicted molar refractivity (Wildman–Crippen MR) is 89.7 cm³/mol. The lowest BCUT2D eigenvalue weighted by Gasteiger charge is -2.07. The van der Waals surface area contributed by atoms with Crippen molar-refractivity contribution >= 4 is 34.8 Å². The summed E-state index contributed by atoms with van der Waals surface area (Å²) in [7, 11) is 0. The van der Waals surface area contributed by atoms with Gasteiger partial charge in [0.05, 0.1) is 0 Å². The molecule has 3 rings (SSSR count). The third kappa shape index (κ3) is 3.98. The zero-order valence-corrected chi connectivity index (χ0v) is 14.3. The van der Waals surface area contributed by atoms with Crippen LogP contribution in [0.15, 0.2) is 53.1 Å². The van der Waals surface area contributed by atoms with Gasteiger partial charge in [0.2, 0.25) is 5.82 Å². The number of hydrogen-bond donors (Lipinski definition) is 0. The van der Waals surface area contributed by atoms with Crippen LogP contribution in [0.1, 0.15) is 11.5 Å². The van der Waals surface area contributed by atoms with Crippen molar-refractivity contribution in [3.63, 3.8) is 0 Å². The average molecular weight is 388 g/mol. The van der Waals surface area contributed by atoms with Gasteiger partial charge in [0, 0.05) is 11.1 Å². The molecule has 24 heavy (non-hydrogen) atoms. The number of ether oxygens (including phenoxy) is 1. The van der Waals surface area contributed by atoms with E-state index in [0.717, 1.165) is 0 Å². The number of aromatic nitrogens is 2. The molecule has 3 aromatic rings. The van der Waals surface area contributed by atoms with Gasteiger partial charge in [-0.1, -0.05) is 58.2 Å². The van der Waals surface area contributed by atoms with Crippen molar-refractivity contribution in [2.75, 3.05) is 0 Å². The van der Waals surface area contributed by atoms with Crippen LogP contribution in [0.2, 0.25) is 0 Å². The van der Waals surface area contributed by atoms with E-state index in [9.17, 15) is 4.39 Å². The van der Waals surface area contributed by atoms with Crippen LogP contribution in [0.25, 0.3) is 11.4 Å². The second-order valence-electron chi connectivity index (χ2n) is 4.83. The van der Waals surface area contributed by atoms with E-state index in [1.54, 1.807) is 42.5 Å². The number of hydrogen-bond acceptors (Lipinski definition) is 4. The smallest absolute Gasteiger partial charge is 0.279 e. The molecule has 0 aliphatic rings. The first-order valence-electron chi connectivity index (χ1n) is 6.81. The minimum absolute atomic E-state index is 0.109. The van der Waals surface area contributed by atoms with Crippen LogP contribution in [0.4, 0.5) is 4.39 Å². The molecular formula is C16H10Cl3FN2O2. The molecule has 0 fully saturated rings. The van der Waals surface area contributed by atoms with Crippen LogP contribution in [0, 0.1) is 5.82 Å². The van der Waals surface area contributed by atoms with Crippen molar-refractivity contribution in [3.05, 3.63) is 65.8 Å². The summed E-state index contributed by atoms with van der Waals surface area (Å²) in [6.07, 6.45) is 0. The van der Waals surface area contributed by atoms with Crippen LogP contribution in [0.5, 0.6) is 5.75 Å². The second-order valence-corrected chi connectivity index (χ2v) is 7.11. The molecule has 0 N–H and O–H groups in total. The molecule has 2 aromatic carbocycles. The van der Waals surface area contributed by atoms with Crippen molar-refractivity contribution in [2.45, 2.75) is 10.4 Å². The van der Waals surface area contributed by atoms with Crippen molar-refractivity contribution in [1.82, 2.24) is 10.1 Å². The third-order valence-corrected chi connectivity index (χ3v) is 3.62. The van der Waals surface area contributed by atoms with Gasteiger partial charge >= 0.3 is 0 Å². The third-order valence-electron chi connectivity index (χ3n) is 3.13. The quantitative estimate of drug-likeness (QED) is 0.571. The normalized spacial score (nSPS) is 11.5. The monoisotopic (exact) mass is 386 g/mol. The lowest BCUT2D eigenvalue weighted by Crippen LogP contribution is -1.99. The van der Waals surface area contributed by atoms with E-state index in [1.165, 1.54) is 6.07 Å². The van der Waals surface area contributed by atoms with Gasteiger partial charge in [-0.05, 0) is 30.3 Å².